The van der Waals surface area contributed by atoms with Crippen molar-refractivity contribution in [1.29, 1.82) is 0 Å². The first-order valence-electron chi connectivity index (χ1n) is 7.81. The van der Waals surface area contributed by atoms with Crippen molar-refractivity contribution >= 4 is 11.7 Å². The van der Waals surface area contributed by atoms with Crippen LogP contribution in [0, 0.1) is 0 Å². The molecule has 4 nitrogen and oxygen atoms in total. The number of Topliss-reactive ketones (excluding diaryl/α,β-unsaturated/α-hetero) is 1. The fraction of sp³-hybridized carbons (Fsp3) is 0.529. The summed E-state index contributed by atoms with van der Waals surface area (Å²) in [5.74, 6) is 0.455. The zero-order valence-corrected chi connectivity index (χ0v) is 12.5. The Morgan fingerprint density at radius 3 is 2.71 bits per heavy atom. The van der Waals surface area contributed by atoms with Crippen molar-refractivity contribution in [3.8, 4) is 0 Å². The largest absolute Gasteiger partial charge is 0.337 e. The summed E-state index contributed by atoms with van der Waals surface area (Å²) in [6.45, 7) is 4.99. The highest BCUT2D eigenvalue weighted by atomic mass is 16.2. The molecule has 0 saturated carbocycles. The van der Waals surface area contributed by atoms with Gasteiger partial charge in [0.25, 0.3) is 0 Å². The van der Waals surface area contributed by atoms with Gasteiger partial charge in [0, 0.05) is 37.7 Å². The highest BCUT2D eigenvalue weighted by molar-refractivity contribution is 5.97. The summed E-state index contributed by atoms with van der Waals surface area (Å²) < 4.78 is 0. The molecule has 2 aliphatic heterocycles. The van der Waals surface area contributed by atoms with Gasteiger partial charge in [-0.2, -0.15) is 0 Å². The van der Waals surface area contributed by atoms with E-state index < -0.39 is 0 Å². The van der Waals surface area contributed by atoms with Crippen LogP contribution < -0.4 is 0 Å². The van der Waals surface area contributed by atoms with Crippen molar-refractivity contribution in [2.24, 2.45) is 0 Å². The fourth-order valence-electron chi connectivity index (χ4n) is 3.29. The number of rotatable bonds is 4. The molecular formula is C17H22N2O2. The van der Waals surface area contributed by atoms with Gasteiger partial charge in [-0.1, -0.05) is 31.2 Å². The Labute approximate surface area is 125 Å². The van der Waals surface area contributed by atoms with E-state index in [0.717, 1.165) is 38.0 Å². The van der Waals surface area contributed by atoms with Gasteiger partial charge in [0.2, 0.25) is 5.91 Å². The first-order chi connectivity index (χ1) is 10.2. The Morgan fingerprint density at radius 1 is 1.24 bits per heavy atom. The van der Waals surface area contributed by atoms with Gasteiger partial charge in [-0.05, 0) is 18.4 Å². The maximum absolute atomic E-state index is 12.3. The number of nitrogens with zero attached hydrogens (tertiary/aromatic N) is 2. The Bertz CT molecular complexity index is 538. The van der Waals surface area contributed by atoms with E-state index in [9.17, 15) is 9.59 Å². The number of benzene rings is 1. The highest BCUT2D eigenvalue weighted by Crippen LogP contribution is 2.22. The molecule has 1 aromatic rings. The molecule has 0 radical (unpaired) electrons. The topological polar surface area (TPSA) is 40.6 Å². The maximum atomic E-state index is 12.3. The Kier molecular flexibility index (Phi) is 4.06. The molecule has 3 rings (SSSR count). The number of hydrogen-bond donors (Lipinski definition) is 0. The molecule has 1 amide bonds. The average molecular weight is 286 g/mol. The zero-order chi connectivity index (χ0) is 14.8. The van der Waals surface area contributed by atoms with Crippen LogP contribution in [0.3, 0.4) is 0 Å². The van der Waals surface area contributed by atoms with Crippen molar-refractivity contribution in [1.82, 2.24) is 9.80 Å². The number of aryl methyl sites for hydroxylation is 1. The maximum Gasteiger partial charge on any atom is 0.222 e. The van der Waals surface area contributed by atoms with Gasteiger partial charge in [-0.15, -0.1) is 0 Å². The number of fused-ring (bicyclic) bond motifs is 1. The molecule has 2 aliphatic rings. The molecule has 112 valence electrons. The van der Waals surface area contributed by atoms with Crippen LogP contribution in [0.5, 0.6) is 0 Å². The smallest absolute Gasteiger partial charge is 0.222 e. The van der Waals surface area contributed by atoms with Crippen molar-refractivity contribution in [3.63, 3.8) is 0 Å². The zero-order valence-electron chi connectivity index (χ0n) is 12.5. The van der Waals surface area contributed by atoms with Crippen LogP contribution in [-0.2, 0) is 11.2 Å². The van der Waals surface area contributed by atoms with Gasteiger partial charge in [-0.3, -0.25) is 14.5 Å². The van der Waals surface area contributed by atoms with Crippen molar-refractivity contribution in [3.05, 3.63) is 35.4 Å². The van der Waals surface area contributed by atoms with Crippen molar-refractivity contribution in [2.45, 2.75) is 32.2 Å². The van der Waals surface area contributed by atoms with Gasteiger partial charge in [-0.25, -0.2) is 0 Å². The third-order valence-corrected chi connectivity index (χ3v) is 4.63. The molecule has 0 aliphatic carbocycles. The minimum absolute atomic E-state index is 0.176. The number of carbonyl (C=O) groups excluding carboxylic acids is 2. The lowest BCUT2D eigenvalue weighted by Gasteiger charge is -2.37. The van der Waals surface area contributed by atoms with Crippen LogP contribution in [0.25, 0.3) is 0 Å². The second-order valence-electron chi connectivity index (χ2n) is 5.99. The first-order valence-corrected chi connectivity index (χ1v) is 7.81. The second-order valence-corrected chi connectivity index (χ2v) is 5.99. The molecule has 21 heavy (non-hydrogen) atoms. The van der Waals surface area contributed by atoms with E-state index >= 15 is 0 Å². The minimum Gasteiger partial charge on any atom is -0.337 e. The van der Waals surface area contributed by atoms with E-state index in [1.54, 1.807) is 0 Å². The second kappa shape index (κ2) is 5.98. The lowest BCUT2D eigenvalue weighted by molar-refractivity contribution is -0.130. The molecule has 1 atom stereocenters. The van der Waals surface area contributed by atoms with E-state index in [1.165, 1.54) is 5.56 Å². The van der Waals surface area contributed by atoms with Crippen molar-refractivity contribution in [2.75, 3.05) is 26.2 Å². The molecule has 1 aromatic carbocycles. The summed E-state index contributed by atoms with van der Waals surface area (Å²) in [6.07, 6.45) is 2.60. The normalized spacial score (nSPS) is 22.4. The molecule has 2 fully saturated rings. The van der Waals surface area contributed by atoms with Gasteiger partial charge < -0.3 is 4.90 Å². The summed E-state index contributed by atoms with van der Waals surface area (Å²) in [7, 11) is 0. The lowest BCUT2D eigenvalue weighted by Crippen LogP contribution is -2.52. The summed E-state index contributed by atoms with van der Waals surface area (Å²) in [5.41, 5.74) is 2.04. The summed E-state index contributed by atoms with van der Waals surface area (Å²) in [6, 6.07) is 8.23. The number of hydrogen-bond acceptors (Lipinski definition) is 3. The Balaban J connectivity index is 1.59. The van der Waals surface area contributed by atoms with E-state index in [1.807, 2.05) is 29.2 Å². The number of piperazine rings is 1. The van der Waals surface area contributed by atoms with Crippen LogP contribution in [0.15, 0.2) is 24.3 Å². The summed E-state index contributed by atoms with van der Waals surface area (Å²) >= 11 is 0. The van der Waals surface area contributed by atoms with E-state index in [2.05, 4.69) is 11.8 Å². The van der Waals surface area contributed by atoms with E-state index in [-0.39, 0.29) is 11.7 Å². The van der Waals surface area contributed by atoms with Crippen LogP contribution in [0.4, 0.5) is 0 Å². The van der Waals surface area contributed by atoms with Crippen LogP contribution >= 0.6 is 0 Å². The van der Waals surface area contributed by atoms with E-state index in [0.29, 0.717) is 19.0 Å². The molecule has 0 N–H and O–H groups in total. The molecule has 0 bridgehead atoms. The number of ketones is 1. The molecular weight excluding hydrogens is 264 g/mol. The standard InChI is InChI=1S/C17H22N2O2/c1-2-13-3-5-14(6-4-13)16(20)12-18-9-10-19-15(11-18)7-8-17(19)21/h3-6,15H,2,7-12H2,1H3. The quantitative estimate of drug-likeness (QED) is 0.792. The first kappa shape index (κ1) is 14.3. The number of carbonyl (C=O) groups is 2. The molecule has 2 saturated heterocycles. The Hall–Kier alpha value is -1.68. The van der Waals surface area contributed by atoms with Gasteiger partial charge in [0.15, 0.2) is 5.78 Å². The fourth-order valence-corrected chi connectivity index (χ4v) is 3.29. The van der Waals surface area contributed by atoms with Gasteiger partial charge >= 0.3 is 0 Å². The monoisotopic (exact) mass is 286 g/mol. The Morgan fingerprint density at radius 2 is 2.00 bits per heavy atom. The van der Waals surface area contributed by atoms with E-state index in [4.69, 9.17) is 0 Å². The average Bonchev–Trinajstić information content (AvgIpc) is 2.88. The third-order valence-electron chi connectivity index (χ3n) is 4.63. The summed E-state index contributed by atoms with van der Waals surface area (Å²) in [4.78, 5) is 28.2. The predicted molar refractivity (Wildman–Crippen MR) is 81.3 cm³/mol. The van der Waals surface area contributed by atoms with Crippen LogP contribution in [-0.4, -0.2) is 53.7 Å². The predicted octanol–water partition coefficient (Wildman–Crippen LogP) is 1.74. The van der Waals surface area contributed by atoms with Crippen LogP contribution in [0.1, 0.15) is 35.7 Å². The number of amides is 1. The van der Waals surface area contributed by atoms with Gasteiger partial charge in [0.05, 0.1) is 6.54 Å². The third kappa shape index (κ3) is 3.00. The highest BCUT2D eigenvalue weighted by Gasteiger charge is 2.35. The summed E-state index contributed by atoms with van der Waals surface area (Å²) in [5, 5.41) is 0. The molecule has 0 spiro atoms. The van der Waals surface area contributed by atoms with Crippen molar-refractivity contribution < 1.29 is 9.59 Å². The lowest BCUT2D eigenvalue weighted by atomic mass is 10.1. The SMILES string of the molecule is CCc1ccc(C(=O)CN2CCN3C(=O)CCC3C2)cc1. The van der Waals surface area contributed by atoms with Crippen LogP contribution in [0.2, 0.25) is 0 Å². The molecule has 2 heterocycles. The molecule has 1 unspecified atom stereocenters. The van der Waals surface area contributed by atoms with Gasteiger partial charge in [0.1, 0.15) is 0 Å². The molecule has 4 heteroatoms. The molecule has 0 aromatic heterocycles. The minimum atomic E-state index is 0.176.